The summed E-state index contributed by atoms with van der Waals surface area (Å²) < 4.78 is 1.51. The molecule has 0 aliphatic rings. The maximum atomic E-state index is 11.7. The summed E-state index contributed by atoms with van der Waals surface area (Å²) in [6, 6.07) is 4.36. The first kappa shape index (κ1) is 11.8. The molecule has 0 saturated carbocycles. The van der Waals surface area contributed by atoms with Crippen LogP contribution in [0.2, 0.25) is 0 Å². The highest BCUT2D eigenvalue weighted by Crippen LogP contribution is 2.06. The van der Waals surface area contributed by atoms with Crippen molar-refractivity contribution < 1.29 is 14.7 Å². The second-order valence-corrected chi connectivity index (χ2v) is 3.57. The van der Waals surface area contributed by atoms with Gasteiger partial charge in [0.2, 0.25) is 0 Å². The van der Waals surface area contributed by atoms with Gasteiger partial charge >= 0.3 is 5.97 Å². The van der Waals surface area contributed by atoms with Crippen LogP contribution in [0.5, 0.6) is 0 Å². The summed E-state index contributed by atoms with van der Waals surface area (Å²) in [5, 5.41) is 15.2. The molecule has 18 heavy (non-hydrogen) atoms. The van der Waals surface area contributed by atoms with Crippen molar-refractivity contribution in [1.82, 2.24) is 14.8 Å². The third-order valence-electron chi connectivity index (χ3n) is 2.20. The van der Waals surface area contributed by atoms with Crippen LogP contribution in [0.15, 0.2) is 30.6 Å². The number of carbonyl (C=O) groups excluding carboxylic acids is 1. The van der Waals surface area contributed by atoms with E-state index in [1.54, 1.807) is 19.3 Å². The highest BCUT2D eigenvalue weighted by atomic mass is 16.4. The summed E-state index contributed by atoms with van der Waals surface area (Å²) in [7, 11) is 1.71. The van der Waals surface area contributed by atoms with E-state index in [1.807, 2.05) is 0 Å². The van der Waals surface area contributed by atoms with E-state index in [-0.39, 0.29) is 17.1 Å². The number of rotatable bonds is 3. The predicted octanol–water partition coefficient (Wildman–Crippen LogP) is 0.766. The van der Waals surface area contributed by atoms with Gasteiger partial charge in [-0.2, -0.15) is 5.10 Å². The van der Waals surface area contributed by atoms with Crippen molar-refractivity contribution in [2.45, 2.75) is 0 Å². The quantitative estimate of drug-likeness (QED) is 0.833. The first-order valence-corrected chi connectivity index (χ1v) is 5.06. The molecule has 0 spiro atoms. The number of carbonyl (C=O) groups is 2. The summed E-state index contributed by atoms with van der Waals surface area (Å²) >= 11 is 0. The van der Waals surface area contributed by atoms with Gasteiger partial charge in [-0.15, -0.1) is 0 Å². The van der Waals surface area contributed by atoms with Gasteiger partial charge in [-0.3, -0.25) is 9.48 Å². The largest absolute Gasteiger partial charge is 0.478 e. The van der Waals surface area contributed by atoms with E-state index in [1.165, 1.54) is 23.0 Å². The van der Waals surface area contributed by atoms with Crippen molar-refractivity contribution in [1.29, 1.82) is 0 Å². The zero-order chi connectivity index (χ0) is 13.1. The third-order valence-corrected chi connectivity index (χ3v) is 2.20. The van der Waals surface area contributed by atoms with Crippen molar-refractivity contribution in [2.24, 2.45) is 7.05 Å². The Morgan fingerprint density at radius 3 is 2.61 bits per heavy atom. The van der Waals surface area contributed by atoms with Gasteiger partial charge in [0.1, 0.15) is 5.82 Å². The topological polar surface area (TPSA) is 97.1 Å². The number of aryl methyl sites for hydroxylation is 1. The van der Waals surface area contributed by atoms with Crippen LogP contribution in [0.25, 0.3) is 0 Å². The smallest absolute Gasteiger partial charge is 0.337 e. The van der Waals surface area contributed by atoms with Crippen LogP contribution in [0.1, 0.15) is 20.8 Å². The molecule has 0 aromatic carbocycles. The molecule has 92 valence electrons. The van der Waals surface area contributed by atoms with Crippen LogP contribution in [0.4, 0.5) is 5.82 Å². The maximum absolute atomic E-state index is 11.7. The fourth-order valence-electron chi connectivity index (χ4n) is 1.31. The normalized spacial score (nSPS) is 10.1. The van der Waals surface area contributed by atoms with E-state index in [9.17, 15) is 9.59 Å². The molecule has 0 atom stereocenters. The van der Waals surface area contributed by atoms with E-state index in [4.69, 9.17) is 5.11 Å². The standard InChI is InChI=1S/C11H10N4O3/c1-15-5-4-8(14-15)10(16)13-9-3-2-7(6-12-9)11(17)18/h2-6H,1H3,(H,17,18)(H,12,13,16). The molecule has 2 N–H and O–H groups in total. The molecule has 2 heterocycles. The average Bonchev–Trinajstić information content (AvgIpc) is 2.76. The molecule has 2 rings (SSSR count). The Labute approximate surface area is 102 Å². The molecule has 1 amide bonds. The van der Waals surface area contributed by atoms with Gasteiger partial charge in [0.05, 0.1) is 5.56 Å². The van der Waals surface area contributed by atoms with Crippen molar-refractivity contribution in [2.75, 3.05) is 5.32 Å². The molecule has 2 aromatic rings. The number of carboxylic acids is 1. The van der Waals surface area contributed by atoms with E-state index in [2.05, 4.69) is 15.4 Å². The second kappa shape index (κ2) is 4.66. The van der Waals surface area contributed by atoms with Gasteiger partial charge in [0.15, 0.2) is 5.69 Å². The number of anilines is 1. The van der Waals surface area contributed by atoms with Crippen LogP contribution in [0, 0.1) is 0 Å². The molecule has 7 heteroatoms. The number of hydrogen-bond donors (Lipinski definition) is 2. The van der Waals surface area contributed by atoms with Gasteiger partial charge in [-0.05, 0) is 18.2 Å². The van der Waals surface area contributed by atoms with Crippen molar-refractivity contribution >= 4 is 17.7 Å². The van der Waals surface area contributed by atoms with E-state index in [0.717, 1.165) is 0 Å². The number of hydrogen-bond acceptors (Lipinski definition) is 4. The molecule has 0 fully saturated rings. The van der Waals surface area contributed by atoms with Crippen LogP contribution in [-0.2, 0) is 7.05 Å². The fraction of sp³-hybridized carbons (Fsp3) is 0.0909. The van der Waals surface area contributed by atoms with Crippen LogP contribution in [-0.4, -0.2) is 31.7 Å². The monoisotopic (exact) mass is 246 g/mol. The van der Waals surface area contributed by atoms with Gasteiger partial charge in [-0.25, -0.2) is 9.78 Å². The number of nitrogens with zero attached hydrogens (tertiary/aromatic N) is 3. The molecule has 0 unspecified atom stereocenters. The Bertz CT molecular complexity index is 589. The summed E-state index contributed by atoms with van der Waals surface area (Å²) in [5.74, 6) is -1.19. The molecular weight excluding hydrogens is 236 g/mol. The number of amides is 1. The minimum absolute atomic E-state index is 0.0610. The summed E-state index contributed by atoms with van der Waals surface area (Å²) in [4.78, 5) is 26.1. The Kier molecular flexibility index (Phi) is 3.05. The Morgan fingerprint density at radius 2 is 2.11 bits per heavy atom. The minimum Gasteiger partial charge on any atom is -0.478 e. The lowest BCUT2D eigenvalue weighted by Crippen LogP contribution is -2.14. The van der Waals surface area contributed by atoms with Crippen molar-refractivity contribution in [3.63, 3.8) is 0 Å². The lowest BCUT2D eigenvalue weighted by atomic mass is 10.3. The number of carboxylic acid groups (broad SMARTS) is 1. The lowest BCUT2D eigenvalue weighted by molar-refractivity contribution is 0.0696. The van der Waals surface area contributed by atoms with Gasteiger partial charge < -0.3 is 10.4 Å². The Hall–Kier alpha value is -2.70. The van der Waals surface area contributed by atoms with Crippen LogP contribution in [0.3, 0.4) is 0 Å². The molecule has 0 saturated heterocycles. The molecule has 2 aromatic heterocycles. The SMILES string of the molecule is Cn1ccc(C(=O)Nc2ccc(C(=O)O)cn2)n1. The van der Waals surface area contributed by atoms with Gasteiger partial charge in [0.25, 0.3) is 5.91 Å². The van der Waals surface area contributed by atoms with Gasteiger partial charge in [0, 0.05) is 19.4 Å². The number of aromatic carboxylic acids is 1. The van der Waals surface area contributed by atoms with E-state index < -0.39 is 11.9 Å². The molecular formula is C11H10N4O3. The third kappa shape index (κ3) is 2.51. The number of nitrogens with one attached hydrogen (secondary N) is 1. The highest BCUT2D eigenvalue weighted by molar-refractivity contribution is 6.02. The number of pyridine rings is 1. The predicted molar refractivity (Wildman–Crippen MR) is 62.4 cm³/mol. The molecule has 0 radical (unpaired) electrons. The number of aromatic nitrogens is 3. The highest BCUT2D eigenvalue weighted by Gasteiger charge is 2.10. The molecule has 0 aliphatic carbocycles. The molecule has 7 nitrogen and oxygen atoms in total. The Balaban J connectivity index is 2.10. The maximum Gasteiger partial charge on any atom is 0.337 e. The molecule has 0 bridgehead atoms. The van der Waals surface area contributed by atoms with Crippen molar-refractivity contribution in [3.05, 3.63) is 41.9 Å². The summed E-state index contributed by atoms with van der Waals surface area (Å²) in [5.41, 5.74) is 0.326. The van der Waals surface area contributed by atoms with Crippen LogP contribution >= 0.6 is 0 Å². The second-order valence-electron chi connectivity index (χ2n) is 3.57. The minimum atomic E-state index is -1.06. The summed E-state index contributed by atoms with van der Waals surface area (Å²) in [6.45, 7) is 0. The first-order chi connectivity index (χ1) is 8.56. The zero-order valence-electron chi connectivity index (χ0n) is 9.49. The van der Waals surface area contributed by atoms with Crippen LogP contribution < -0.4 is 5.32 Å². The fourth-order valence-corrected chi connectivity index (χ4v) is 1.31. The average molecular weight is 246 g/mol. The zero-order valence-corrected chi connectivity index (χ0v) is 9.49. The molecule has 0 aliphatic heterocycles. The summed E-state index contributed by atoms with van der Waals surface area (Å²) in [6.07, 6.45) is 2.83. The lowest BCUT2D eigenvalue weighted by Gasteiger charge is -2.02. The van der Waals surface area contributed by atoms with Gasteiger partial charge in [-0.1, -0.05) is 0 Å². The van der Waals surface area contributed by atoms with E-state index >= 15 is 0 Å². The van der Waals surface area contributed by atoms with E-state index in [0.29, 0.717) is 0 Å². The van der Waals surface area contributed by atoms with Crippen molar-refractivity contribution in [3.8, 4) is 0 Å². The Morgan fingerprint density at radius 1 is 1.33 bits per heavy atom. The first-order valence-electron chi connectivity index (χ1n) is 5.06.